The lowest BCUT2D eigenvalue weighted by atomic mass is 10.1. The molecule has 18 heavy (non-hydrogen) atoms. The molecule has 100 valence electrons. The number of aliphatic hydroxyl groups is 1. The molecule has 3 N–H and O–H groups in total. The van der Waals surface area contributed by atoms with Gasteiger partial charge in [0.05, 0.1) is 19.3 Å². The second-order valence-corrected chi connectivity index (χ2v) is 4.55. The van der Waals surface area contributed by atoms with Crippen LogP contribution in [0.2, 0.25) is 0 Å². The number of carbonyl (C=O) groups is 1. The van der Waals surface area contributed by atoms with Crippen molar-refractivity contribution in [2.45, 2.75) is 44.3 Å². The minimum Gasteiger partial charge on any atom is -0.480 e. The number of aliphatic hydroxyl groups excluding tert-OH is 1. The van der Waals surface area contributed by atoms with Gasteiger partial charge in [-0.1, -0.05) is 18.1 Å². The van der Waals surface area contributed by atoms with Crippen LogP contribution in [0, 0.1) is 0 Å². The number of carboxylic acids is 1. The summed E-state index contributed by atoms with van der Waals surface area (Å²) < 4.78 is 1.45. The molecule has 7 nitrogen and oxygen atoms in total. The Hall–Kier alpha value is -1.47. The molecule has 1 aliphatic rings. The van der Waals surface area contributed by atoms with E-state index in [4.69, 9.17) is 5.11 Å². The van der Waals surface area contributed by atoms with Gasteiger partial charge in [-0.05, 0) is 12.8 Å². The quantitative estimate of drug-likeness (QED) is 0.657. The van der Waals surface area contributed by atoms with Crippen LogP contribution in [0.1, 0.15) is 37.4 Å². The number of nitrogens with zero attached hydrogens (tertiary/aromatic N) is 3. The summed E-state index contributed by atoms with van der Waals surface area (Å²) in [6.07, 6.45) is 5.86. The lowest BCUT2D eigenvalue weighted by Gasteiger charge is -2.17. The van der Waals surface area contributed by atoms with Crippen molar-refractivity contribution in [2.75, 3.05) is 6.61 Å². The fraction of sp³-hybridized carbons (Fsp3) is 0.727. The first-order valence-corrected chi connectivity index (χ1v) is 6.20. The van der Waals surface area contributed by atoms with Crippen LogP contribution in [0.15, 0.2) is 6.20 Å². The van der Waals surface area contributed by atoms with Crippen LogP contribution in [-0.4, -0.2) is 43.8 Å². The van der Waals surface area contributed by atoms with Gasteiger partial charge in [0, 0.05) is 6.04 Å². The molecule has 1 fully saturated rings. The average Bonchev–Trinajstić information content (AvgIpc) is 2.96. The number of rotatable bonds is 6. The molecular formula is C11H18N4O3. The first kappa shape index (κ1) is 13.0. The van der Waals surface area contributed by atoms with E-state index in [0.29, 0.717) is 12.2 Å². The summed E-state index contributed by atoms with van der Waals surface area (Å²) in [7, 11) is 0. The highest BCUT2D eigenvalue weighted by Gasteiger charge is 2.27. The minimum atomic E-state index is -0.946. The Morgan fingerprint density at radius 2 is 2.28 bits per heavy atom. The van der Waals surface area contributed by atoms with Gasteiger partial charge < -0.3 is 10.2 Å². The third-order valence-electron chi connectivity index (χ3n) is 3.19. The van der Waals surface area contributed by atoms with Gasteiger partial charge in [0.25, 0.3) is 0 Å². The van der Waals surface area contributed by atoms with Gasteiger partial charge in [0.15, 0.2) is 6.04 Å². The normalized spacial score (nSPS) is 18.1. The van der Waals surface area contributed by atoms with E-state index < -0.39 is 12.0 Å². The Labute approximate surface area is 105 Å². The van der Waals surface area contributed by atoms with Crippen LogP contribution in [0.5, 0.6) is 0 Å². The van der Waals surface area contributed by atoms with Crippen LogP contribution in [0.4, 0.5) is 0 Å². The van der Waals surface area contributed by atoms with Crippen molar-refractivity contribution in [1.29, 1.82) is 0 Å². The molecule has 1 unspecified atom stereocenters. The van der Waals surface area contributed by atoms with Crippen LogP contribution >= 0.6 is 0 Å². The zero-order chi connectivity index (χ0) is 13.0. The Kier molecular flexibility index (Phi) is 4.27. The maximum atomic E-state index is 11.3. The van der Waals surface area contributed by atoms with Crippen LogP contribution in [0.3, 0.4) is 0 Å². The summed E-state index contributed by atoms with van der Waals surface area (Å²) in [6.45, 7) is 0.277. The summed E-state index contributed by atoms with van der Waals surface area (Å²) in [6, 6.07) is -0.574. The van der Waals surface area contributed by atoms with E-state index in [0.717, 1.165) is 25.7 Å². The molecule has 0 radical (unpaired) electrons. The van der Waals surface area contributed by atoms with Gasteiger partial charge in [0.2, 0.25) is 0 Å². The van der Waals surface area contributed by atoms with E-state index in [1.54, 1.807) is 6.20 Å². The molecule has 0 spiro atoms. The molecule has 1 aliphatic carbocycles. The molecule has 7 heteroatoms. The number of aromatic nitrogens is 3. The number of carboxylic acid groups (broad SMARTS) is 1. The highest BCUT2D eigenvalue weighted by atomic mass is 16.4. The fourth-order valence-corrected chi connectivity index (χ4v) is 2.27. The molecule has 0 bridgehead atoms. The lowest BCUT2D eigenvalue weighted by molar-refractivity contribution is -0.140. The molecule has 1 saturated carbocycles. The summed E-state index contributed by atoms with van der Waals surface area (Å²) >= 11 is 0. The zero-order valence-corrected chi connectivity index (χ0v) is 10.1. The Morgan fingerprint density at radius 3 is 2.89 bits per heavy atom. The van der Waals surface area contributed by atoms with Crippen molar-refractivity contribution >= 4 is 5.97 Å². The van der Waals surface area contributed by atoms with E-state index in [2.05, 4.69) is 15.6 Å². The first-order chi connectivity index (χ1) is 8.70. The van der Waals surface area contributed by atoms with Crippen molar-refractivity contribution in [2.24, 2.45) is 0 Å². The summed E-state index contributed by atoms with van der Waals surface area (Å²) in [5.74, 6) is -0.946. The number of hydrogen-bond acceptors (Lipinski definition) is 5. The second kappa shape index (κ2) is 5.92. The molecule has 0 aromatic carbocycles. The van der Waals surface area contributed by atoms with Crippen molar-refractivity contribution in [3.05, 3.63) is 11.9 Å². The Balaban J connectivity index is 2.05. The smallest absolute Gasteiger partial charge is 0.327 e. The largest absolute Gasteiger partial charge is 0.480 e. The maximum absolute atomic E-state index is 11.3. The van der Waals surface area contributed by atoms with Gasteiger partial charge in [-0.3, -0.25) is 10.1 Å². The zero-order valence-electron chi connectivity index (χ0n) is 10.1. The van der Waals surface area contributed by atoms with E-state index in [-0.39, 0.29) is 12.6 Å². The molecule has 1 aromatic rings. The number of hydrogen-bond donors (Lipinski definition) is 3. The van der Waals surface area contributed by atoms with Crippen LogP contribution in [-0.2, 0) is 11.3 Å². The molecule has 1 atom stereocenters. The van der Waals surface area contributed by atoms with E-state index >= 15 is 0 Å². The molecule has 1 aromatic heterocycles. The standard InChI is InChI=1S/C11H18N4O3/c16-6-5-15-7-9(13-14-15)10(11(17)18)12-8-3-1-2-4-8/h7-8,10,12,16H,1-6H2,(H,17,18). The van der Waals surface area contributed by atoms with E-state index in [1.165, 1.54) is 4.68 Å². The van der Waals surface area contributed by atoms with Crippen LogP contribution < -0.4 is 5.32 Å². The highest BCUT2D eigenvalue weighted by molar-refractivity contribution is 5.74. The summed E-state index contributed by atoms with van der Waals surface area (Å²) in [4.78, 5) is 11.3. The van der Waals surface area contributed by atoms with Crippen molar-refractivity contribution in [3.63, 3.8) is 0 Å². The third-order valence-corrected chi connectivity index (χ3v) is 3.19. The Bertz CT molecular complexity index is 401. The molecule has 2 rings (SSSR count). The van der Waals surface area contributed by atoms with Crippen LogP contribution in [0.25, 0.3) is 0 Å². The number of nitrogens with one attached hydrogen (secondary N) is 1. The average molecular weight is 254 g/mol. The van der Waals surface area contributed by atoms with Crippen molar-refractivity contribution in [3.8, 4) is 0 Å². The van der Waals surface area contributed by atoms with Gasteiger partial charge in [-0.15, -0.1) is 5.10 Å². The SMILES string of the molecule is O=C(O)C(NC1CCCC1)c1cn(CCO)nn1. The van der Waals surface area contributed by atoms with E-state index in [9.17, 15) is 9.90 Å². The molecule has 0 saturated heterocycles. The minimum absolute atomic E-state index is 0.0450. The molecular weight excluding hydrogens is 236 g/mol. The van der Waals surface area contributed by atoms with Gasteiger partial charge >= 0.3 is 5.97 Å². The topological polar surface area (TPSA) is 100 Å². The fourth-order valence-electron chi connectivity index (χ4n) is 2.27. The van der Waals surface area contributed by atoms with E-state index in [1.807, 2.05) is 0 Å². The maximum Gasteiger partial charge on any atom is 0.327 e. The molecule has 0 aliphatic heterocycles. The van der Waals surface area contributed by atoms with Crippen molar-refractivity contribution < 1.29 is 15.0 Å². The molecule has 1 heterocycles. The first-order valence-electron chi connectivity index (χ1n) is 6.20. The summed E-state index contributed by atoms with van der Waals surface area (Å²) in [5.41, 5.74) is 0.392. The van der Waals surface area contributed by atoms with Gasteiger partial charge in [-0.2, -0.15) is 0 Å². The monoisotopic (exact) mass is 254 g/mol. The molecule has 0 amide bonds. The second-order valence-electron chi connectivity index (χ2n) is 4.55. The number of aliphatic carboxylic acids is 1. The highest BCUT2D eigenvalue weighted by Crippen LogP contribution is 2.21. The van der Waals surface area contributed by atoms with Gasteiger partial charge in [-0.25, -0.2) is 4.68 Å². The van der Waals surface area contributed by atoms with Crippen molar-refractivity contribution in [1.82, 2.24) is 20.3 Å². The predicted octanol–water partition coefficient (Wildman–Crippen LogP) is -0.0717. The Morgan fingerprint density at radius 1 is 1.56 bits per heavy atom. The predicted molar refractivity (Wildman–Crippen MR) is 62.9 cm³/mol. The summed E-state index contributed by atoms with van der Waals surface area (Å²) in [5, 5.41) is 28.8. The third kappa shape index (κ3) is 3.05. The van der Waals surface area contributed by atoms with Gasteiger partial charge in [0.1, 0.15) is 5.69 Å². The lowest BCUT2D eigenvalue weighted by Crippen LogP contribution is -2.35.